The Morgan fingerprint density at radius 2 is 1.34 bits per heavy atom. The Kier molecular flexibility index (Phi) is 9.69. The Hall–Kier alpha value is -3.39. The molecule has 0 radical (unpaired) electrons. The first-order valence-electron chi connectivity index (χ1n) is 10.0. The van der Waals surface area contributed by atoms with Crippen LogP contribution in [0.3, 0.4) is 0 Å². The second-order valence-electron chi connectivity index (χ2n) is 6.45. The number of hydrogen-bond acceptors (Lipinski definition) is 8. The molecule has 0 aliphatic rings. The smallest absolute Gasteiger partial charge is 0.345 e. The number of rotatable bonds is 9. The maximum Gasteiger partial charge on any atom is 0.345 e. The fourth-order valence-corrected chi connectivity index (χ4v) is 3.32. The molecule has 0 saturated heterocycles. The molecule has 8 heteroatoms. The summed E-state index contributed by atoms with van der Waals surface area (Å²) in [4.78, 5) is 41.7. The van der Waals surface area contributed by atoms with Crippen molar-refractivity contribution in [2.24, 2.45) is 5.16 Å². The molecule has 0 unspecified atom stereocenters. The average molecular weight is 456 g/mol. The van der Waals surface area contributed by atoms with Crippen LogP contribution in [0, 0.1) is 0 Å². The van der Waals surface area contributed by atoms with Crippen molar-refractivity contribution in [2.45, 2.75) is 37.5 Å². The van der Waals surface area contributed by atoms with Gasteiger partial charge in [-0.05, 0) is 62.2 Å². The summed E-state index contributed by atoms with van der Waals surface area (Å²) >= 11 is 1.55. The van der Waals surface area contributed by atoms with E-state index >= 15 is 0 Å². The third-order valence-corrected chi connectivity index (χ3v) is 5.02. The summed E-state index contributed by atoms with van der Waals surface area (Å²) < 4.78 is 9.91. The molecule has 0 atom stereocenters. The summed E-state index contributed by atoms with van der Waals surface area (Å²) in [7, 11) is 0. The Bertz CT molecular complexity index is 990. The standard InChI is InChI=1S/C24H25NO6S/c1-5-29-23(27)22(24(28)30-6-2)15-18-7-11-20(12-8-18)32-21-13-9-19(10-14-21)16(3)25-31-17(4)26/h7-15H,5-6H2,1-4H3. The van der Waals surface area contributed by atoms with Crippen LogP contribution in [0.5, 0.6) is 0 Å². The van der Waals surface area contributed by atoms with E-state index < -0.39 is 17.9 Å². The van der Waals surface area contributed by atoms with Crippen molar-refractivity contribution in [3.8, 4) is 0 Å². The highest BCUT2D eigenvalue weighted by atomic mass is 32.2. The quantitative estimate of drug-likeness (QED) is 0.103. The van der Waals surface area contributed by atoms with Crippen LogP contribution < -0.4 is 0 Å². The van der Waals surface area contributed by atoms with E-state index in [0.29, 0.717) is 11.3 Å². The summed E-state index contributed by atoms with van der Waals surface area (Å²) in [6.07, 6.45) is 1.46. The molecule has 2 aromatic rings. The number of hydrogen-bond donors (Lipinski definition) is 0. The topological polar surface area (TPSA) is 91.3 Å². The Morgan fingerprint density at radius 1 is 0.844 bits per heavy atom. The molecule has 32 heavy (non-hydrogen) atoms. The van der Waals surface area contributed by atoms with Crippen molar-refractivity contribution < 1.29 is 28.7 Å². The third kappa shape index (κ3) is 7.70. The highest BCUT2D eigenvalue weighted by molar-refractivity contribution is 7.99. The lowest BCUT2D eigenvalue weighted by atomic mass is 10.1. The maximum atomic E-state index is 12.1. The van der Waals surface area contributed by atoms with E-state index in [1.807, 2.05) is 48.5 Å². The predicted octanol–water partition coefficient (Wildman–Crippen LogP) is 4.63. The highest BCUT2D eigenvalue weighted by Gasteiger charge is 2.20. The average Bonchev–Trinajstić information content (AvgIpc) is 2.77. The molecule has 0 aliphatic carbocycles. The minimum absolute atomic E-state index is 0.143. The van der Waals surface area contributed by atoms with Crippen LogP contribution in [0.25, 0.3) is 6.08 Å². The van der Waals surface area contributed by atoms with Gasteiger partial charge >= 0.3 is 17.9 Å². The highest BCUT2D eigenvalue weighted by Crippen LogP contribution is 2.28. The third-order valence-electron chi connectivity index (χ3n) is 4.00. The van der Waals surface area contributed by atoms with Gasteiger partial charge in [-0.15, -0.1) is 0 Å². The summed E-state index contributed by atoms with van der Waals surface area (Å²) in [5, 5.41) is 3.78. The zero-order valence-corrected chi connectivity index (χ0v) is 19.2. The number of carbonyl (C=O) groups excluding carboxylic acids is 3. The van der Waals surface area contributed by atoms with Crippen molar-refractivity contribution in [3.63, 3.8) is 0 Å². The summed E-state index contributed by atoms with van der Waals surface area (Å²) in [6.45, 7) is 6.74. The Labute approximate surface area is 191 Å². The summed E-state index contributed by atoms with van der Waals surface area (Å²) in [5.74, 6) is -1.89. The van der Waals surface area contributed by atoms with Gasteiger partial charge in [0.15, 0.2) is 0 Å². The molecule has 2 aromatic carbocycles. The van der Waals surface area contributed by atoms with Crippen molar-refractivity contribution in [3.05, 3.63) is 65.2 Å². The van der Waals surface area contributed by atoms with E-state index in [2.05, 4.69) is 9.99 Å². The van der Waals surface area contributed by atoms with Gasteiger partial charge < -0.3 is 14.3 Å². The molecule has 0 fully saturated rings. The van der Waals surface area contributed by atoms with Gasteiger partial charge in [0.2, 0.25) is 0 Å². The van der Waals surface area contributed by atoms with Gasteiger partial charge in [-0.1, -0.05) is 41.2 Å². The van der Waals surface area contributed by atoms with E-state index in [9.17, 15) is 14.4 Å². The van der Waals surface area contributed by atoms with Crippen LogP contribution in [-0.4, -0.2) is 36.8 Å². The monoisotopic (exact) mass is 455 g/mol. The van der Waals surface area contributed by atoms with Gasteiger partial charge in [0, 0.05) is 16.7 Å². The van der Waals surface area contributed by atoms with E-state index in [-0.39, 0.29) is 18.8 Å². The Morgan fingerprint density at radius 3 is 1.81 bits per heavy atom. The number of ether oxygens (including phenoxy) is 2. The minimum Gasteiger partial charge on any atom is -0.462 e. The second kappa shape index (κ2) is 12.5. The molecular formula is C24H25NO6S. The maximum absolute atomic E-state index is 12.1. The molecule has 0 heterocycles. The summed E-state index contributed by atoms with van der Waals surface area (Å²) in [6, 6.07) is 15.1. The fourth-order valence-electron chi connectivity index (χ4n) is 2.50. The number of esters is 2. The van der Waals surface area contributed by atoms with Crippen LogP contribution in [0.2, 0.25) is 0 Å². The molecule has 0 aliphatic heterocycles. The fraction of sp³-hybridized carbons (Fsp3) is 0.250. The second-order valence-corrected chi connectivity index (χ2v) is 7.60. The zero-order chi connectivity index (χ0) is 23.5. The number of nitrogens with zero attached hydrogens (tertiary/aromatic N) is 1. The molecule has 0 saturated carbocycles. The van der Waals surface area contributed by atoms with E-state index in [1.54, 1.807) is 32.5 Å². The Balaban J connectivity index is 2.12. The predicted molar refractivity (Wildman–Crippen MR) is 122 cm³/mol. The van der Waals surface area contributed by atoms with Gasteiger partial charge in [0.25, 0.3) is 0 Å². The molecule has 7 nitrogen and oxygen atoms in total. The van der Waals surface area contributed by atoms with Crippen molar-refractivity contribution in [1.29, 1.82) is 0 Å². The number of benzene rings is 2. The van der Waals surface area contributed by atoms with Crippen LogP contribution in [0.1, 0.15) is 38.8 Å². The minimum atomic E-state index is -0.711. The van der Waals surface area contributed by atoms with E-state index in [0.717, 1.165) is 15.4 Å². The van der Waals surface area contributed by atoms with Crippen molar-refractivity contribution in [2.75, 3.05) is 13.2 Å². The van der Waals surface area contributed by atoms with E-state index in [4.69, 9.17) is 9.47 Å². The normalized spacial score (nSPS) is 10.8. The number of oxime groups is 1. The first-order chi connectivity index (χ1) is 15.3. The number of carbonyl (C=O) groups is 3. The van der Waals surface area contributed by atoms with Gasteiger partial charge in [-0.25, -0.2) is 14.4 Å². The zero-order valence-electron chi connectivity index (χ0n) is 18.4. The molecular weight excluding hydrogens is 430 g/mol. The molecule has 168 valence electrons. The SMILES string of the molecule is CCOC(=O)C(=Cc1ccc(Sc2ccc(C(C)=NOC(C)=O)cc2)cc1)C(=O)OCC. The van der Waals surface area contributed by atoms with Gasteiger partial charge in [0.1, 0.15) is 5.57 Å². The van der Waals surface area contributed by atoms with Crippen LogP contribution >= 0.6 is 11.8 Å². The first-order valence-corrected chi connectivity index (χ1v) is 10.8. The lowest BCUT2D eigenvalue weighted by Crippen LogP contribution is -2.18. The van der Waals surface area contributed by atoms with Crippen LogP contribution in [-0.2, 0) is 28.7 Å². The van der Waals surface area contributed by atoms with Crippen molar-refractivity contribution in [1.82, 2.24) is 0 Å². The molecule has 0 N–H and O–H groups in total. The largest absolute Gasteiger partial charge is 0.462 e. The summed E-state index contributed by atoms with van der Waals surface area (Å²) in [5.41, 5.74) is 1.99. The molecule has 0 bridgehead atoms. The lowest BCUT2D eigenvalue weighted by Gasteiger charge is -2.07. The van der Waals surface area contributed by atoms with Crippen molar-refractivity contribution >= 4 is 41.5 Å². The van der Waals surface area contributed by atoms with Crippen LogP contribution in [0.15, 0.2) is 69.1 Å². The molecule has 0 spiro atoms. The van der Waals surface area contributed by atoms with Gasteiger partial charge in [-0.3, -0.25) is 0 Å². The molecule has 0 amide bonds. The molecule has 0 aromatic heterocycles. The first kappa shape index (κ1) is 24.9. The lowest BCUT2D eigenvalue weighted by molar-refractivity contribution is -0.146. The van der Waals surface area contributed by atoms with Gasteiger partial charge in [0.05, 0.1) is 18.9 Å². The van der Waals surface area contributed by atoms with Gasteiger partial charge in [-0.2, -0.15) is 0 Å². The van der Waals surface area contributed by atoms with Crippen LogP contribution in [0.4, 0.5) is 0 Å². The van der Waals surface area contributed by atoms with E-state index in [1.165, 1.54) is 13.0 Å². The molecule has 2 rings (SSSR count).